The Morgan fingerprint density at radius 1 is 1.28 bits per heavy atom. The van der Waals surface area contributed by atoms with Gasteiger partial charge in [0.05, 0.1) is 15.8 Å². The molecule has 0 aliphatic rings. The summed E-state index contributed by atoms with van der Waals surface area (Å²) in [5.41, 5.74) is -0.883. The number of nitrogens with one attached hydrogen (secondary N) is 1. The monoisotopic (exact) mass is 270 g/mol. The number of nitrogens with zero attached hydrogens (tertiary/aromatic N) is 1. The Balaban J connectivity index is 3.09. The summed E-state index contributed by atoms with van der Waals surface area (Å²) in [6.45, 7) is 1.45. The first-order valence-electron chi connectivity index (χ1n) is 4.93. The van der Waals surface area contributed by atoms with Gasteiger partial charge in [-0.2, -0.15) is 8.42 Å². The Hall–Kier alpha value is -1.93. The van der Waals surface area contributed by atoms with Crippen molar-refractivity contribution in [3.8, 4) is 0 Å². The molecule has 8 heteroatoms. The van der Waals surface area contributed by atoms with Crippen molar-refractivity contribution in [2.45, 2.75) is 11.8 Å². The SMILES string of the molecule is Cc1cc2c(=O)[nH]c(=O)n(C)c2cc1S(=O)(=O)O. The zero-order valence-corrected chi connectivity index (χ0v) is 10.4. The predicted molar refractivity (Wildman–Crippen MR) is 64.4 cm³/mol. The molecule has 0 saturated heterocycles. The molecule has 1 aromatic heterocycles. The van der Waals surface area contributed by atoms with Gasteiger partial charge in [-0.25, -0.2) is 4.79 Å². The molecule has 96 valence electrons. The average molecular weight is 270 g/mol. The van der Waals surface area contributed by atoms with Crippen molar-refractivity contribution in [1.82, 2.24) is 9.55 Å². The van der Waals surface area contributed by atoms with Crippen LogP contribution in [0.2, 0.25) is 0 Å². The molecular formula is C10H10N2O5S. The molecule has 0 aliphatic heterocycles. The number of fused-ring (bicyclic) bond motifs is 1. The lowest BCUT2D eigenvalue weighted by molar-refractivity contribution is 0.482. The number of aromatic amines is 1. The average Bonchev–Trinajstić information content (AvgIpc) is 2.24. The van der Waals surface area contributed by atoms with Gasteiger partial charge in [0.2, 0.25) is 0 Å². The highest BCUT2D eigenvalue weighted by atomic mass is 32.2. The molecule has 2 aromatic rings. The van der Waals surface area contributed by atoms with Gasteiger partial charge in [0.1, 0.15) is 0 Å². The highest BCUT2D eigenvalue weighted by molar-refractivity contribution is 7.85. The lowest BCUT2D eigenvalue weighted by Gasteiger charge is -2.07. The van der Waals surface area contributed by atoms with Crippen molar-refractivity contribution < 1.29 is 13.0 Å². The Bertz CT molecular complexity index is 860. The van der Waals surface area contributed by atoms with Crippen molar-refractivity contribution in [2.75, 3.05) is 0 Å². The fourth-order valence-corrected chi connectivity index (χ4v) is 2.50. The molecule has 0 aliphatic carbocycles. The Kier molecular flexibility index (Phi) is 2.63. The van der Waals surface area contributed by atoms with Crippen molar-refractivity contribution >= 4 is 21.0 Å². The number of aromatic nitrogens is 2. The van der Waals surface area contributed by atoms with Crippen LogP contribution < -0.4 is 11.2 Å². The van der Waals surface area contributed by atoms with Gasteiger partial charge in [-0.05, 0) is 24.6 Å². The summed E-state index contributed by atoms with van der Waals surface area (Å²) in [5, 5.41) is 0.182. The van der Waals surface area contributed by atoms with Crippen LogP contribution in [0.3, 0.4) is 0 Å². The number of hydrogen-bond donors (Lipinski definition) is 2. The van der Waals surface area contributed by atoms with Crippen LogP contribution >= 0.6 is 0 Å². The Labute approximate surface area is 101 Å². The summed E-state index contributed by atoms with van der Waals surface area (Å²) in [5.74, 6) is 0. The van der Waals surface area contributed by atoms with E-state index in [1.807, 2.05) is 0 Å². The van der Waals surface area contributed by atoms with Crippen LogP contribution in [0.4, 0.5) is 0 Å². The van der Waals surface area contributed by atoms with Gasteiger partial charge in [-0.15, -0.1) is 0 Å². The third-order valence-corrected chi connectivity index (χ3v) is 3.70. The fourth-order valence-electron chi connectivity index (χ4n) is 1.77. The van der Waals surface area contributed by atoms with E-state index in [4.69, 9.17) is 4.55 Å². The van der Waals surface area contributed by atoms with Crippen molar-refractivity contribution in [3.63, 3.8) is 0 Å². The first kappa shape index (κ1) is 12.5. The van der Waals surface area contributed by atoms with Gasteiger partial charge in [-0.3, -0.25) is 18.9 Å². The van der Waals surface area contributed by atoms with Crippen molar-refractivity contribution in [2.24, 2.45) is 7.05 Å². The minimum absolute atomic E-state index is 0.141. The summed E-state index contributed by atoms with van der Waals surface area (Å²) in [6.07, 6.45) is 0. The Morgan fingerprint density at radius 2 is 1.89 bits per heavy atom. The van der Waals surface area contributed by atoms with Crippen LogP contribution in [-0.4, -0.2) is 22.5 Å². The van der Waals surface area contributed by atoms with E-state index < -0.39 is 21.4 Å². The molecule has 0 fully saturated rings. The van der Waals surface area contributed by atoms with Crippen LogP contribution in [-0.2, 0) is 17.2 Å². The summed E-state index contributed by atoms with van der Waals surface area (Å²) in [7, 11) is -3.00. The van der Waals surface area contributed by atoms with Gasteiger partial charge in [0.25, 0.3) is 15.7 Å². The first-order valence-corrected chi connectivity index (χ1v) is 6.37. The Morgan fingerprint density at radius 3 is 2.44 bits per heavy atom. The molecule has 0 saturated carbocycles. The maximum atomic E-state index is 11.6. The van der Waals surface area contributed by atoms with Gasteiger partial charge < -0.3 is 0 Å². The first-order chi connectivity index (χ1) is 8.21. The third kappa shape index (κ3) is 1.85. The number of aryl methyl sites for hydroxylation is 2. The van der Waals surface area contributed by atoms with Crippen LogP contribution in [0, 0.1) is 6.92 Å². The van der Waals surface area contributed by atoms with Crippen LogP contribution in [0.1, 0.15) is 5.56 Å². The normalized spacial score (nSPS) is 11.9. The molecule has 2 rings (SSSR count). The van der Waals surface area contributed by atoms with E-state index in [1.165, 1.54) is 20.0 Å². The molecular weight excluding hydrogens is 260 g/mol. The number of rotatable bonds is 1. The lowest BCUT2D eigenvalue weighted by atomic mass is 10.1. The second kappa shape index (κ2) is 3.79. The van der Waals surface area contributed by atoms with E-state index >= 15 is 0 Å². The molecule has 0 unspecified atom stereocenters. The van der Waals surface area contributed by atoms with Crippen LogP contribution in [0.25, 0.3) is 10.9 Å². The van der Waals surface area contributed by atoms with E-state index in [-0.39, 0.29) is 21.4 Å². The van der Waals surface area contributed by atoms with E-state index in [0.717, 1.165) is 10.6 Å². The van der Waals surface area contributed by atoms with E-state index in [0.29, 0.717) is 0 Å². The molecule has 0 amide bonds. The van der Waals surface area contributed by atoms with Crippen molar-refractivity contribution in [1.29, 1.82) is 0 Å². The lowest BCUT2D eigenvalue weighted by Crippen LogP contribution is -2.28. The zero-order chi connectivity index (χ0) is 13.7. The smallest absolute Gasteiger partial charge is 0.296 e. The van der Waals surface area contributed by atoms with Crippen LogP contribution in [0.5, 0.6) is 0 Å². The second-order valence-electron chi connectivity index (χ2n) is 3.93. The molecule has 0 spiro atoms. The quantitative estimate of drug-likeness (QED) is 0.696. The number of H-pyrrole nitrogens is 1. The number of hydrogen-bond acceptors (Lipinski definition) is 4. The molecule has 2 N–H and O–H groups in total. The predicted octanol–water partition coefficient (Wildman–Crippen LogP) is -0.218. The second-order valence-corrected chi connectivity index (χ2v) is 5.32. The van der Waals surface area contributed by atoms with Gasteiger partial charge in [-0.1, -0.05) is 0 Å². The van der Waals surface area contributed by atoms with Gasteiger partial charge in [0, 0.05) is 7.05 Å². The van der Waals surface area contributed by atoms with Crippen LogP contribution in [0.15, 0.2) is 26.6 Å². The summed E-state index contributed by atoms with van der Waals surface area (Å²) in [6, 6.07) is 2.42. The standard InChI is InChI=1S/C10H10N2O5S/c1-5-3-6-7(4-8(5)18(15,16)17)12(2)10(14)11-9(6)13/h3-4H,1-2H3,(H,11,13,14)(H,15,16,17). The van der Waals surface area contributed by atoms with Gasteiger partial charge in [0.15, 0.2) is 0 Å². The number of benzene rings is 1. The van der Waals surface area contributed by atoms with E-state index in [9.17, 15) is 18.0 Å². The van der Waals surface area contributed by atoms with Crippen molar-refractivity contribution in [3.05, 3.63) is 38.5 Å². The third-order valence-electron chi connectivity index (χ3n) is 2.70. The maximum absolute atomic E-state index is 11.6. The minimum atomic E-state index is -4.40. The fraction of sp³-hybridized carbons (Fsp3) is 0.200. The highest BCUT2D eigenvalue weighted by Gasteiger charge is 2.16. The summed E-state index contributed by atoms with van der Waals surface area (Å²) < 4.78 is 32.5. The minimum Gasteiger partial charge on any atom is -0.296 e. The molecule has 18 heavy (non-hydrogen) atoms. The molecule has 1 heterocycles. The molecule has 0 radical (unpaired) electrons. The van der Waals surface area contributed by atoms with E-state index in [1.54, 1.807) is 0 Å². The maximum Gasteiger partial charge on any atom is 0.328 e. The molecule has 7 nitrogen and oxygen atoms in total. The molecule has 0 bridgehead atoms. The van der Waals surface area contributed by atoms with Gasteiger partial charge >= 0.3 is 5.69 Å². The van der Waals surface area contributed by atoms with E-state index in [2.05, 4.69) is 4.98 Å². The summed E-state index contributed by atoms with van der Waals surface area (Å²) >= 11 is 0. The summed E-state index contributed by atoms with van der Waals surface area (Å²) in [4.78, 5) is 24.8. The topological polar surface area (TPSA) is 109 Å². The largest absolute Gasteiger partial charge is 0.328 e. The molecule has 1 aromatic carbocycles. The molecule has 0 atom stereocenters. The highest BCUT2D eigenvalue weighted by Crippen LogP contribution is 2.19. The zero-order valence-electron chi connectivity index (χ0n) is 9.59.